The Morgan fingerprint density at radius 1 is 1.56 bits per heavy atom. The van der Waals surface area contributed by atoms with E-state index in [4.69, 9.17) is 9.78 Å². The Labute approximate surface area is 91.6 Å². The molecule has 0 bridgehead atoms. The first-order valence-electron chi connectivity index (χ1n) is 5.32. The van der Waals surface area contributed by atoms with E-state index in [2.05, 4.69) is 21.5 Å². The SMILES string of the molecule is N#CC1CC1c1nc(C(=O)NC2CC2)no1. The zero-order chi connectivity index (χ0) is 11.1. The van der Waals surface area contributed by atoms with Crippen LogP contribution >= 0.6 is 0 Å². The van der Waals surface area contributed by atoms with E-state index in [-0.39, 0.29) is 29.6 Å². The third-order valence-corrected chi connectivity index (χ3v) is 2.83. The maximum atomic E-state index is 11.5. The van der Waals surface area contributed by atoms with Gasteiger partial charge in [0.05, 0.1) is 17.9 Å². The van der Waals surface area contributed by atoms with Crippen molar-refractivity contribution in [2.75, 3.05) is 0 Å². The topological polar surface area (TPSA) is 91.8 Å². The normalized spacial score (nSPS) is 27.2. The number of aromatic nitrogens is 2. The van der Waals surface area contributed by atoms with E-state index >= 15 is 0 Å². The molecule has 0 saturated heterocycles. The molecule has 16 heavy (non-hydrogen) atoms. The summed E-state index contributed by atoms with van der Waals surface area (Å²) in [5.41, 5.74) is 0. The highest BCUT2D eigenvalue weighted by Crippen LogP contribution is 2.45. The Bertz CT molecular complexity index is 471. The standard InChI is InChI=1S/C10H10N4O2/c11-4-5-3-7(5)10-13-8(14-16-10)9(15)12-6-1-2-6/h5-7H,1-3H2,(H,12,15). The van der Waals surface area contributed by atoms with Crippen LogP contribution in [0.3, 0.4) is 0 Å². The van der Waals surface area contributed by atoms with Crippen LogP contribution in [-0.2, 0) is 0 Å². The lowest BCUT2D eigenvalue weighted by Crippen LogP contribution is -2.26. The predicted molar refractivity (Wildman–Crippen MR) is 51.2 cm³/mol. The van der Waals surface area contributed by atoms with Crippen molar-refractivity contribution in [3.63, 3.8) is 0 Å². The maximum absolute atomic E-state index is 11.5. The van der Waals surface area contributed by atoms with Crippen molar-refractivity contribution in [3.8, 4) is 6.07 Å². The summed E-state index contributed by atoms with van der Waals surface area (Å²) in [6, 6.07) is 2.42. The summed E-state index contributed by atoms with van der Waals surface area (Å²) in [4.78, 5) is 15.6. The number of nitrogens with zero attached hydrogens (tertiary/aromatic N) is 3. The largest absolute Gasteiger partial charge is 0.346 e. The fourth-order valence-corrected chi connectivity index (χ4v) is 1.57. The van der Waals surface area contributed by atoms with Crippen molar-refractivity contribution in [2.24, 2.45) is 5.92 Å². The van der Waals surface area contributed by atoms with Crippen molar-refractivity contribution in [1.29, 1.82) is 5.26 Å². The molecule has 0 aliphatic heterocycles. The van der Waals surface area contributed by atoms with E-state index in [1.54, 1.807) is 0 Å². The van der Waals surface area contributed by atoms with E-state index < -0.39 is 0 Å². The van der Waals surface area contributed by atoms with Crippen molar-refractivity contribution >= 4 is 5.91 Å². The van der Waals surface area contributed by atoms with Gasteiger partial charge in [-0.1, -0.05) is 5.16 Å². The third-order valence-electron chi connectivity index (χ3n) is 2.83. The lowest BCUT2D eigenvalue weighted by molar-refractivity contribution is 0.0937. The summed E-state index contributed by atoms with van der Waals surface area (Å²) < 4.78 is 4.97. The van der Waals surface area contributed by atoms with Crippen LogP contribution in [0, 0.1) is 17.2 Å². The molecule has 1 aromatic heterocycles. The number of nitrogens with one attached hydrogen (secondary N) is 1. The van der Waals surface area contributed by atoms with Crippen LogP contribution in [0.2, 0.25) is 0 Å². The van der Waals surface area contributed by atoms with Crippen LogP contribution in [0.15, 0.2) is 4.52 Å². The molecule has 0 aromatic carbocycles. The van der Waals surface area contributed by atoms with Gasteiger partial charge in [-0.3, -0.25) is 4.79 Å². The lowest BCUT2D eigenvalue weighted by atomic mass is 10.3. The number of nitriles is 1. The number of amides is 1. The van der Waals surface area contributed by atoms with Gasteiger partial charge < -0.3 is 9.84 Å². The molecule has 2 aliphatic rings. The monoisotopic (exact) mass is 218 g/mol. The predicted octanol–water partition coefficient (Wildman–Crippen LogP) is 0.589. The zero-order valence-electron chi connectivity index (χ0n) is 8.51. The molecule has 2 fully saturated rings. The van der Waals surface area contributed by atoms with Crippen LogP contribution in [0.5, 0.6) is 0 Å². The van der Waals surface area contributed by atoms with Crippen molar-refractivity contribution in [3.05, 3.63) is 11.7 Å². The molecule has 1 N–H and O–H groups in total. The van der Waals surface area contributed by atoms with Crippen molar-refractivity contribution < 1.29 is 9.32 Å². The molecule has 0 spiro atoms. The van der Waals surface area contributed by atoms with Crippen LogP contribution in [-0.4, -0.2) is 22.1 Å². The molecule has 82 valence electrons. The Kier molecular flexibility index (Phi) is 1.93. The Hall–Kier alpha value is -1.90. The molecule has 6 heteroatoms. The molecule has 6 nitrogen and oxygen atoms in total. The van der Waals surface area contributed by atoms with E-state index in [0.29, 0.717) is 5.89 Å². The quantitative estimate of drug-likeness (QED) is 0.801. The smallest absolute Gasteiger partial charge is 0.292 e. The third kappa shape index (κ3) is 1.65. The summed E-state index contributed by atoms with van der Waals surface area (Å²) in [6.45, 7) is 0. The molecule has 1 heterocycles. The number of carbonyl (C=O) groups is 1. The summed E-state index contributed by atoms with van der Waals surface area (Å²) >= 11 is 0. The van der Waals surface area contributed by atoms with Crippen molar-refractivity contribution in [2.45, 2.75) is 31.2 Å². The number of hydrogen-bond donors (Lipinski definition) is 1. The van der Waals surface area contributed by atoms with Gasteiger partial charge in [0.2, 0.25) is 5.89 Å². The van der Waals surface area contributed by atoms with Gasteiger partial charge in [-0.2, -0.15) is 10.2 Å². The first kappa shape index (κ1) is 9.33. The van der Waals surface area contributed by atoms with E-state index in [1.807, 2.05) is 0 Å². The lowest BCUT2D eigenvalue weighted by Gasteiger charge is -1.95. The van der Waals surface area contributed by atoms with Gasteiger partial charge in [-0.05, 0) is 19.3 Å². The molecule has 3 rings (SSSR count). The molecule has 1 aromatic rings. The van der Waals surface area contributed by atoms with Crippen molar-refractivity contribution in [1.82, 2.24) is 15.5 Å². The number of hydrogen-bond acceptors (Lipinski definition) is 5. The Morgan fingerprint density at radius 3 is 3.00 bits per heavy atom. The maximum Gasteiger partial charge on any atom is 0.292 e. The fourth-order valence-electron chi connectivity index (χ4n) is 1.57. The summed E-state index contributed by atoms with van der Waals surface area (Å²) in [6.07, 6.45) is 2.80. The van der Waals surface area contributed by atoms with Gasteiger partial charge in [-0.25, -0.2) is 0 Å². The molecular formula is C10H10N4O2. The summed E-state index contributed by atoms with van der Waals surface area (Å²) in [5, 5.41) is 15.1. The minimum absolute atomic E-state index is 0.0278. The van der Waals surface area contributed by atoms with Crippen LogP contribution < -0.4 is 5.32 Å². The van der Waals surface area contributed by atoms with Gasteiger partial charge in [-0.15, -0.1) is 0 Å². The number of rotatable bonds is 3. The molecule has 2 unspecified atom stereocenters. The molecular weight excluding hydrogens is 208 g/mol. The van der Waals surface area contributed by atoms with Gasteiger partial charge in [0.15, 0.2) is 0 Å². The first-order valence-corrected chi connectivity index (χ1v) is 5.32. The second-order valence-corrected chi connectivity index (χ2v) is 4.28. The first-order chi connectivity index (χ1) is 7.78. The summed E-state index contributed by atoms with van der Waals surface area (Å²) in [5.74, 6) is 0.199. The van der Waals surface area contributed by atoms with E-state index in [1.165, 1.54) is 0 Å². The minimum atomic E-state index is -0.286. The highest BCUT2D eigenvalue weighted by molar-refractivity contribution is 5.90. The second kappa shape index (κ2) is 3.30. The van der Waals surface area contributed by atoms with E-state index in [9.17, 15) is 4.79 Å². The molecule has 2 aliphatic carbocycles. The molecule has 0 radical (unpaired) electrons. The number of carbonyl (C=O) groups excluding carboxylic acids is 1. The average molecular weight is 218 g/mol. The molecule has 2 saturated carbocycles. The van der Waals surface area contributed by atoms with Crippen LogP contribution in [0.4, 0.5) is 0 Å². The zero-order valence-corrected chi connectivity index (χ0v) is 8.51. The Morgan fingerprint density at radius 2 is 2.38 bits per heavy atom. The molecule has 2 atom stereocenters. The highest BCUT2D eigenvalue weighted by Gasteiger charge is 2.43. The molecule has 1 amide bonds. The summed E-state index contributed by atoms with van der Waals surface area (Å²) in [7, 11) is 0. The van der Waals surface area contributed by atoms with Gasteiger partial charge >= 0.3 is 0 Å². The minimum Gasteiger partial charge on any atom is -0.346 e. The highest BCUT2D eigenvalue weighted by atomic mass is 16.5. The van der Waals surface area contributed by atoms with Crippen LogP contribution in [0.1, 0.15) is 41.7 Å². The van der Waals surface area contributed by atoms with E-state index in [0.717, 1.165) is 19.3 Å². The second-order valence-electron chi connectivity index (χ2n) is 4.28. The van der Waals surface area contributed by atoms with Crippen LogP contribution in [0.25, 0.3) is 0 Å². The van der Waals surface area contributed by atoms with Gasteiger partial charge in [0.25, 0.3) is 11.7 Å². The average Bonchev–Trinajstić information content (AvgIpc) is 3.19. The van der Waals surface area contributed by atoms with Gasteiger partial charge in [0.1, 0.15) is 0 Å². The van der Waals surface area contributed by atoms with Gasteiger partial charge in [0, 0.05) is 6.04 Å². The Balaban J connectivity index is 1.68. The fraction of sp³-hybridized carbons (Fsp3) is 0.600.